The van der Waals surface area contributed by atoms with Gasteiger partial charge in [0.1, 0.15) is 0 Å². The van der Waals surface area contributed by atoms with Crippen molar-refractivity contribution in [3.63, 3.8) is 0 Å². The van der Waals surface area contributed by atoms with Gasteiger partial charge in [-0.15, -0.1) is 0 Å². The Labute approximate surface area is 187 Å². The molecule has 172 valence electrons. The third kappa shape index (κ3) is 4.24. The summed E-state index contributed by atoms with van der Waals surface area (Å²) in [5.74, 6) is -0.513. The zero-order valence-corrected chi connectivity index (χ0v) is 18.3. The maximum atomic E-state index is 13.0. The quantitative estimate of drug-likeness (QED) is 0.624. The number of rotatable bonds is 4. The molecule has 1 N–H and O–H groups in total. The lowest BCUT2D eigenvalue weighted by atomic mass is 10.0. The van der Waals surface area contributed by atoms with E-state index in [4.69, 9.17) is 16.0 Å². The highest BCUT2D eigenvalue weighted by Gasteiger charge is 2.32. The number of aliphatic hydroxyl groups is 1. The minimum Gasteiger partial charge on any atom is -0.408 e. The molecular weight excluding hydrogens is 447 g/mol. The Morgan fingerprint density at radius 2 is 1.81 bits per heavy atom. The molecule has 32 heavy (non-hydrogen) atoms. The molecule has 2 heterocycles. The highest BCUT2D eigenvalue weighted by molar-refractivity contribution is 6.32. The third-order valence-electron chi connectivity index (χ3n) is 6.12. The summed E-state index contributed by atoms with van der Waals surface area (Å²) in [6.45, 7) is 4.05. The van der Waals surface area contributed by atoms with E-state index >= 15 is 0 Å². The molecule has 2 atom stereocenters. The molecule has 1 aliphatic heterocycles. The summed E-state index contributed by atoms with van der Waals surface area (Å²) in [6, 6.07) is 8.19. The van der Waals surface area contributed by atoms with Gasteiger partial charge in [-0.25, -0.2) is 4.79 Å². The number of aryl methyl sites for hydroxylation is 1. The lowest BCUT2D eigenvalue weighted by molar-refractivity contribution is -0.137. The van der Waals surface area contributed by atoms with Crippen molar-refractivity contribution in [2.75, 3.05) is 31.1 Å². The number of hydrogen-bond acceptors (Lipinski definition) is 5. The van der Waals surface area contributed by atoms with Crippen molar-refractivity contribution in [2.24, 2.45) is 7.05 Å². The first-order chi connectivity index (χ1) is 15.1. The second kappa shape index (κ2) is 8.46. The normalized spacial score (nSPS) is 17.7. The Hall–Kier alpha value is -2.49. The Bertz CT molecular complexity index is 1180. The highest BCUT2D eigenvalue weighted by atomic mass is 35.5. The van der Waals surface area contributed by atoms with E-state index in [0.717, 1.165) is 12.1 Å². The number of alkyl halides is 3. The topological polar surface area (TPSA) is 61.9 Å². The SMILES string of the molecule is CC(C(O)c1cc2oc(=O)n(C)c2cc1Cl)N1CCN(c2cccc(C(F)(F)F)c2)CC1. The molecule has 2 unspecified atom stereocenters. The number of benzene rings is 2. The van der Waals surface area contributed by atoms with Crippen molar-refractivity contribution >= 4 is 28.4 Å². The molecule has 1 aliphatic rings. The molecule has 6 nitrogen and oxygen atoms in total. The van der Waals surface area contributed by atoms with E-state index in [2.05, 4.69) is 4.90 Å². The maximum Gasteiger partial charge on any atom is 0.419 e. The first kappa shape index (κ1) is 22.7. The molecule has 0 aliphatic carbocycles. The molecule has 1 fully saturated rings. The fraction of sp³-hybridized carbons (Fsp3) is 0.409. The van der Waals surface area contributed by atoms with E-state index < -0.39 is 23.6 Å². The summed E-state index contributed by atoms with van der Waals surface area (Å²) in [6.07, 6.45) is -5.31. The Morgan fingerprint density at radius 1 is 1.12 bits per heavy atom. The van der Waals surface area contributed by atoms with Gasteiger partial charge in [0.2, 0.25) is 0 Å². The van der Waals surface area contributed by atoms with Gasteiger partial charge in [-0.05, 0) is 37.3 Å². The van der Waals surface area contributed by atoms with Gasteiger partial charge in [0.05, 0.1) is 17.2 Å². The van der Waals surface area contributed by atoms with Gasteiger partial charge in [-0.1, -0.05) is 17.7 Å². The van der Waals surface area contributed by atoms with Gasteiger partial charge in [0.15, 0.2) is 5.58 Å². The molecule has 2 aromatic carbocycles. The highest BCUT2D eigenvalue weighted by Crippen LogP contribution is 2.33. The molecule has 0 spiro atoms. The molecule has 3 aromatic rings. The fourth-order valence-corrected chi connectivity index (χ4v) is 4.39. The van der Waals surface area contributed by atoms with Gasteiger partial charge >= 0.3 is 11.9 Å². The summed E-state index contributed by atoms with van der Waals surface area (Å²) in [5, 5.41) is 11.3. The predicted molar refractivity (Wildman–Crippen MR) is 116 cm³/mol. The van der Waals surface area contributed by atoms with Crippen LogP contribution in [0.15, 0.2) is 45.6 Å². The van der Waals surface area contributed by atoms with Crippen LogP contribution in [0.2, 0.25) is 5.02 Å². The van der Waals surface area contributed by atoms with Crippen molar-refractivity contribution in [1.82, 2.24) is 9.47 Å². The van der Waals surface area contributed by atoms with Gasteiger partial charge < -0.3 is 14.4 Å². The maximum absolute atomic E-state index is 13.0. The zero-order chi connectivity index (χ0) is 23.2. The Morgan fingerprint density at radius 3 is 2.47 bits per heavy atom. The van der Waals surface area contributed by atoms with Crippen molar-refractivity contribution in [1.29, 1.82) is 0 Å². The lowest BCUT2D eigenvalue weighted by Gasteiger charge is -2.40. The molecule has 0 bridgehead atoms. The summed E-state index contributed by atoms with van der Waals surface area (Å²) in [7, 11) is 1.58. The van der Waals surface area contributed by atoms with Crippen LogP contribution >= 0.6 is 11.6 Å². The minimum atomic E-state index is -4.38. The van der Waals surface area contributed by atoms with E-state index in [1.807, 2.05) is 11.8 Å². The number of nitrogens with zero attached hydrogens (tertiary/aromatic N) is 3. The van der Waals surface area contributed by atoms with Gasteiger partial charge in [0, 0.05) is 55.5 Å². The Kier molecular flexibility index (Phi) is 6.00. The van der Waals surface area contributed by atoms with Crippen LogP contribution in [0, 0.1) is 0 Å². The summed E-state index contributed by atoms with van der Waals surface area (Å²) >= 11 is 6.38. The largest absolute Gasteiger partial charge is 0.419 e. The van der Waals surface area contributed by atoms with Crippen LogP contribution in [0.3, 0.4) is 0 Å². The molecule has 1 aromatic heterocycles. The van der Waals surface area contributed by atoms with Crippen LogP contribution in [0.5, 0.6) is 0 Å². The number of anilines is 1. The van der Waals surface area contributed by atoms with Crippen molar-refractivity contribution in [2.45, 2.75) is 25.2 Å². The molecule has 10 heteroatoms. The van der Waals surface area contributed by atoms with Crippen LogP contribution in [-0.4, -0.2) is 46.8 Å². The average molecular weight is 470 g/mol. The van der Waals surface area contributed by atoms with Crippen LogP contribution in [-0.2, 0) is 13.2 Å². The number of halogens is 4. The van der Waals surface area contributed by atoms with Crippen molar-refractivity contribution in [3.8, 4) is 0 Å². The summed E-state index contributed by atoms with van der Waals surface area (Å²) in [4.78, 5) is 15.7. The summed E-state index contributed by atoms with van der Waals surface area (Å²) in [5.41, 5.74) is 1.20. The van der Waals surface area contributed by atoms with Crippen molar-refractivity contribution in [3.05, 3.63) is 63.1 Å². The predicted octanol–water partition coefficient (Wildman–Crippen LogP) is 4.05. The van der Waals surface area contributed by atoms with Crippen LogP contribution in [0.4, 0.5) is 18.9 Å². The number of aromatic nitrogens is 1. The monoisotopic (exact) mass is 469 g/mol. The number of aliphatic hydroxyl groups excluding tert-OH is 1. The Balaban J connectivity index is 1.47. The smallest absolute Gasteiger partial charge is 0.408 e. The van der Waals surface area contributed by atoms with Crippen molar-refractivity contribution < 1.29 is 22.7 Å². The summed E-state index contributed by atoms with van der Waals surface area (Å²) < 4.78 is 45.6. The second-order valence-corrected chi connectivity index (χ2v) is 8.43. The second-order valence-electron chi connectivity index (χ2n) is 8.02. The van der Waals surface area contributed by atoms with Gasteiger partial charge in [-0.2, -0.15) is 13.2 Å². The molecule has 0 radical (unpaired) electrons. The van der Waals surface area contributed by atoms with E-state index in [-0.39, 0.29) is 6.04 Å². The lowest BCUT2D eigenvalue weighted by Crippen LogP contribution is -2.51. The van der Waals surface area contributed by atoms with E-state index in [9.17, 15) is 23.1 Å². The molecule has 4 rings (SSSR count). The number of piperazine rings is 1. The van der Waals surface area contributed by atoms with Gasteiger partial charge in [0.25, 0.3) is 0 Å². The molecule has 0 saturated carbocycles. The van der Waals surface area contributed by atoms with E-state index in [1.54, 1.807) is 25.2 Å². The third-order valence-corrected chi connectivity index (χ3v) is 6.44. The fourth-order valence-electron chi connectivity index (χ4n) is 4.12. The van der Waals surface area contributed by atoms with E-state index in [1.165, 1.54) is 10.6 Å². The molecular formula is C22H23ClF3N3O3. The first-order valence-electron chi connectivity index (χ1n) is 10.2. The standard InChI is InChI=1S/C22H23ClF3N3O3/c1-13(20(30)16-11-19-18(12-17(16)23)27(2)21(31)32-19)28-6-8-29(9-7-28)15-5-3-4-14(10-15)22(24,25)26/h3-5,10-13,20,30H,6-9H2,1-2H3. The van der Waals surface area contributed by atoms with Crippen LogP contribution < -0.4 is 10.7 Å². The average Bonchev–Trinajstić information content (AvgIpc) is 3.04. The number of fused-ring (bicyclic) bond motifs is 1. The molecule has 1 saturated heterocycles. The number of hydrogen-bond donors (Lipinski definition) is 1. The minimum absolute atomic E-state index is 0.302. The van der Waals surface area contributed by atoms with Crippen LogP contribution in [0.25, 0.3) is 11.1 Å². The zero-order valence-electron chi connectivity index (χ0n) is 17.6. The van der Waals surface area contributed by atoms with Gasteiger partial charge in [-0.3, -0.25) is 9.47 Å². The number of oxazole rings is 1. The first-order valence-corrected chi connectivity index (χ1v) is 10.6. The molecule has 0 amide bonds. The van der Waals surface area contributed by atoms with Crippen LogP contribution in [0.1, 0.15) is 24.2 Å². The van der Waals surface area contributed by atoms with E-state index in [0.29, 0.717) is 53.6 Å².